The van der Waals surface area contributed by atoms with Gasteiger partial charge in [0.15, 0.2) is 0 Å². The summed E-state index contributed by atoms with van der Waals surface area (Å²) in [6.07, 6.45) is 3.15. The van der Waals surface area contributed by atoms with Crippen LogP contribution in [0.4, 0.5) is 11.4 Å². The van der Waals surface area contributed by atoms with Gasteiger partial charge in [0.05, 0.1) is 0 Å². The van der Waals surface area contributed by atoms with E-state index in [0.717, 1.165) is 29.7 Å². The van der Waals surface area contributed by atoms with Gasteiger partial charge < -0.3 is 15.7 Å². The van der Waals surface area contributed by atoms with E-state index in [-0.39, 0.29) is 11.3 Å². The molecule has 0 bridgehead atoms. The smallest absolute Gasteiger partial charge is 0.267 e. The summed E-state index contributed by atoms with van der Waals surface area (Å²) >= 11 is 0. The molecular weight excluding hydrogens is 326 g/mol. The Hall–Kier alpha value is -3.26. The molecule has 134 valence electrons. The highest BCUT2D eigenvalue weighted by molar-refractivity contribution is 6.07. The number of hydrogen-bond donors (Lipinski definition) is 3. The maximum atomic E-state index is 12.4. The van der Waals surface area contributed by atoms with Gasteiger partial charge in [-0.2, -0.15) is 5.26 Å². The maximum Gasteiger partial charge on any atom is 0.267 e. The van der Waals surface area contributed by atoms with Crippen LogP contribution in [-0.2, 0) is 17.6 Å². The van der Waals surface area contributed by atoms with Crippen molar-refractivity contribution in [2.45, 2.75) is 33.6 Å². The zero-order chi connectivity index (χ0) is 19.1. The van der Waals surface area contributed by atoms with E-state index in [9.17, 15) is 15.2 Å². The maximum absolute atomic E-state index is 12.4. The molecule has 2 aromatic carbocycles. The standard InChI is InChI=1S/C21H23N3O2/c1-4-15-7-6-8-16(5-2)20(15)23-13-17(12-22)21(26)24-19-10-9-18(25)11-14(19)3/h6-11,13,23,25H,4-5H2,1-3H3,(H,24,26)/b17-13-. The number of aryl methyl sites for hydroxylation is 3. The van der Waals surface area contributed by atoms with E-state index < -0.39 is 5.91 Å². The van der Waals surface area contributed by atoms with E-state index in [2.05, 4.69) is 24.5 Å². The zero-order valence-corrected chi connectivity index (χ0v) is 15.3. The number of nitrogens with one attached hydrogen (secondary N) is 2. The molecule has 0 fully saturated rings. The van der Waals surface area contributed by atoms with Crippen molar-refractivity contribution in [1.82, 2.24) is 0 Å². The molecule has 0 unspecified atom stereocenters. The molecule has 0 aliphatic rings. The predicted octanol–water partition coefficient (Wildman–Crippen LogP) is 4.28. The number of benzene rings is 2. The van der Waals surface area contributed by atoms with E-state index in [4.69, 9.17) is 0 Å². The minimum Gasteiger partial charge on any atom is -0.508 e. The van der Waals surface area contributed by atoms with Gasteiger partial charge in [0.1, 0.15) is 17.4 Å². The minimum atomic E-state index is -0.499. The lowest BCUT2D eigenvalue weighted by Gasteiger charge is -2.13. The fourth-order valence-corrected chi connectivity index (χ4v) is 2.70. The molecule has 0 aliphatic heterocycles. The average molecular weight is 349 g/mol. The Kier molecular flexibility index (Phi) is 6.40. The van der Waals surface area contributed by atoms with Crippen molar-refractivity contribution in [1.29, 1.82) is 5.26 Å². The number of aromatic hydroxyl groups is 1. The molecule has 1 amide bonds. The van der Waals surface area contributed by atoms with Crippen molar-refractivity contribution in [3.8, 4) is 11.8 Å². The van der Waals surface area contributed by atoms with Crippen LogP contribution in [0.15, 0.2) is 48.2 Å². The molecule has 0 aromatic heterocycles. The summed E-state index contributed by atoms with van der Waals surface area (Å²) in [5.74, 6) is -0.373. The lowest BCUT2D eigenvalue weighted by molar-refractivity contribution is -0.112. The summed E-state index contributed by atoms with van der Waals surface area (Å²) < 4.78 is 0. The Bertz CT molecular complexity index is 857. The van der Waals surface area contributed by atoms with Crippen molar-refractivity contribution in [3.05, 3.63) is 64.9 Å². The van der Waals surface area contributed by atoms with Crippen LogP contribution < -0.4 is 10.6 Å². The van der Waals surface area contributed by atoms with Crippen LogP contribution in [0.5, 0.6) is 5.75 Å². The summed E-state index contributed by atoms with van der Waals surface area (Å²) in [6, 6.07) is 12.6. The molecule has 0 aliphatic carbocycles. The second kappa shape index (κ2) is 8.72. The normalized spacial score (nSPS) is 10.9. The summed E-state index contributed by atoms with van der Waals surface area (Å²) in [4.78, 5) is 12.4. The fraction of sp³-hybridized carbons (Fsp3) is 0.238. The molecule has 0 heterocycles. The van der Waals surface area contributed by atoms with Crippen LogP contribution in [0.1, 0.15) is 30.5 Å². The number of carbonyl (C=O) groups is 1. The molecule has 0 radical (unpaired) electrons. The van der Waals surface area contributed by atoms with E-state index in [1.165, 1.54) is 12.3 Å². The minimum absolute atomic E-state index is 0.0227. The summed E-state index contributed by atoms with van der Waals surface area (Å²) in [7, 11) is 0. The second-order valence-corrected chi connectivity index (χ2v) is 5.93. The topological polar surface area (TPSA) is 85.2 Å². The molecule has 26 heavy (non-hydrogen) atoms. The molecule has 2 aromatic rings. The first-order chi connectivity index (χ1) is 12.5. The monoisotopic (exact) mass is 349 g/mol. The Labute approximate surface area is 154 Å². The molecule has 3 N–H and O–H groups in total. The largest absolute Gasteiger partial charge is 0.508 e. The van der Waals surface area contributed by atoms with Gasteiger partial charge in [-0.3, -0.25) is 4.79 Å². The van der Waals surface area contributed by atoms with Crippen molar-refractivity contribution in [3.63, 3.8) is 0 Å². The molecule has 2 rings (SSSR count). The Morgan fingerprint density at radius 3 is 2.38 bits per heavy atom. The zero-order valence-electron chi connectivity index (χ0n) is 15.3. The highest BCUT2D eigenvalue weighted by atomic mass is 16.3. The second-order valence-electron chi connectivity index (χ2n) is 5.93. The van der Waals surface area contributed by atoms with E-state index in [1.54, 1.807) is 19.1 Å². The highest BCUT2D eigenvalue weighted by Gasteiger charge is 2.12. The number of carbonyl (C=O) groups excluding carboxylic acids is 1. The van der Waals surface area contributed by atoms with Crippen LogP contribution in [0.2, 0.25) is 0 Å². The fourth-order valence-electron chi connectivity index (χ4n) is 2.70. The lowest BCUT2D eigenvalue weighted by Crippen LogP contribution is -2.15. The molecule has 0 saturated heterocycles. The summed E-state index contributed by atoms with van der Waals surface area (Å²) in [5.41, 5.74) is 4.45. The quantitative estimate of drug-likeness (QED) is 0.413. The number of nitrogens with zero attached hydrogens (tertiary/aromatic N) is 1. The Morgan fingerprint density at radius 1 is 1.19 bits per heavy atom. The number of phenols is 1. The van der Waals surface area contributed by atoms with Crippen LogP contribution >= 0.6 is 0 Å². The van der Waals surface area contributed by atoms with Gasteiger partial charge in [0, 0.05) is 17.6 Å². The molecule has 0 atom stereocenters. The van der Waals surface area contributed by atoms with Gasteiger partial charge in [-0.05, 0) is 54.7 Å². The van der Waals surface area contributed by atoms with Gasteiger partial charge in [-0.15, -0.1) is 0 Å². The summed E-state index contributed by atoms with van der Waals surface area (Å²) in [6.45, 7) is 5.90. The van der Waals surface area contributed by atoms with Crippen LogP contribution in [0, 0.1) is 18.3 Å². The Morgan fingerprint density at radius 2 is 1.85 bits per heavy atom. The number of hydrogen-bond acceptors (Lipinski definition) is 4. The van der Waals surface area contributed by atoms with Crippen LogP contribution in [0.25, 0.3) is 0 Å². The molecule has 5 nitrogen and oxygen atoms in total. The number of para-hydroxylation sites is 1. The van der Waals surface area contributed by atoms with Crippen molar-refractivity contribution in [2.75, 3.05) is 10.6 Å². The SMILES string of the molecule is CCc1cccc(CC)c1N/C=C(/C#N)C(=O)Nc1ccc(O)cc1C. The van der Waals surface area contributed by atoms with E-state index >= 15 is 0 Å². The lowest BCUT2D eigenvalue weighted by atomic mass is 10.0. The van der Waals surface area contributed by atoms with Crippen molar-refractivity contribution >= 4 is 17.3 Å². The molecule has 0 spiro atoms. The number of anilines is 2. The van der Waals surface area contributed by atoms with Gasteiger partial charge in [-0.1, -0.05) is 32.0 Å². The van der Waals surface area contributed by atoms with Crippen molar-refractivity contribution < 1.29 is 9.90 Å². The number of rotatable bonds is 6. The van der Waals surface area contributed by atoms with Gasteiger partial charge in [0.2, 0.25) is 0 Å². The number of phenolic OH excluding ortho intramolecular Hbond substituents is 1. The highest BCUT2D eigenvalue weighted by Crippen LogP contribution is 2.23. The molecule has 5 heteroatoms. The van der Waals surface area contributed by atoms with Gasteiger partial charge in [0.25, 0.3) is 5.91 Å². The molecule has 0 saturated carbocycles. The third kappa shape index (κ3) is 4.42. The number of amides is 1. The predicted molar refractivity (Wildman–Crippen MR) is 104 cm³/mol. The van der Waals surface area contributed by atoms with Crippen molar-refractivity contribution in [2.24, 2.45) is 0 Å². The van der Waals surface area contributed by atoms with E-state index in [0.29, 0.717) is 11.3 Å². The third-order valence-electron chi connectivity index (χ3n) is 4.18. The van der Waals surface area contributed by atoms with E-state index in [1.807, 2.05) is 24.3 Å². The van der Waals surface area contributed by atoms with Crippen LogP contribution in [0.3, 0.4) is 0 Å². The average Bonchev–Trinajstić information content (AvgIpc) is 2.64. The first kappa shape index (κ1) is 19.1. The van der Waals surface area contributed by atoms with Crippen LogP contribution in [-0.4, -0.2) is 11.0 Å². The van der Waals surface area contributed by atoms with Gasteiger partial charge in [-0.25, -0.2) is 0 Å². The first-order valence-electron chi connectivity index (χ1n) is 8.58. The summed E-state index contributed by atoms with van der Waals surface area (Å²) in [5, 5.41) is 24.7. The molecular formula is C21H23N3O2. The Balaban J connectivity index is 2.23. The van der Waals surface area contributed by atoms with Gasteiger partial charge >= 0.3 is 0 Å². The number of nitriles is 1. The third-order valence-corrected chi connectivity index (χ3v) is 4.18. The first-order valence-corrected chi connectivity index (χ1v) is 8.58.